The molecule has 0 aliphatic heterocycles. The van der Waals surface area contributed by atoms with E-state index in [0.717, 1.165) is 28.2 Å². The van der Waals surface area contributed by atoms with Crippen LogP contribution in [-0.4, -0.2) is 16.7 Å². The fraction of sp³-hybridized carbons (Fsp3) is 0.217. The molecule has 0 aliphatic carbocycles. The van der Waals surface area contributed by atoms with Crippen molar-refractivity contribution in [1.29, 1.82) is 0 Å². The fourth-order valence-corrected chi connectivity index (χ4v) is 3.39. The third kappa shape index (κ3) is 4.53. The van der Waals surface area contributed by atoms with Gasteiger partial charge in [0.05, 0.1) is 12.6 Å². The van der Waals surface area contributed by atoms with Crippen molar-refractivity contribution in [1.82, 2.24) is 9.99 Å². The number of nitrogens with one attached hydrogen (secondary N) is 1. The Labute approximate surface area is 160 Å². The minimum Gasteiger partial charge on any atom is -0.318 e. The Bertz CT molecular complexity index is 964. The molecule has 1 amide bonds. The molecule has 4 heteroatoms. The summed E-state index contributed by atoms with van der Waals surface area (Å²) in [6.07, 6.45) is 2.03. The number of amides is 1. The van der Waals surface area contributed by atoms with Crippen molar-refractivity contribution in [3.05, 3.63) is 88.2 Å². The van der Waals surface area contributed by atoms with E-state index in [9.17, 15) is 4.79 Å². The molecule has 0 radical (unpaired) electrons. The molecular weight excluding hydrogens is 334 g/mol. The highest BCUT2D eigenvalue weighted by Gasteiger charge is 2.10. The second-order valence-electron chi connectivity index (χ2n) is 6.96. The zero-order valence-electron chi connectivity index (χ0n) is 16.3. The third-order valence-corrected chi connectivity index (χ3v) is 4.54. The smallest absolute Gasteiger partial charge is 0.244 e. The van der Waals surface area contributed by atoms with Crippen molar-refractivity contribution in [3.8, 4) is 5.69 Å². The highest BCUT2D eigenvalue weighted by molar-refractivity contribution is 5.84. The summed E-state index contributed by atoms with van der Waals surface area (Å²) in [5.41, 5.74) is 10.4. The van der Waals surface area contributed by atoms with Gasteiger partial charge in [-0.2, -0.15) is 5.10 Å². The van der Waals surface area contributed by atoms with E-state index in [2.05, 4.69) is 67.1 Å². The summed E-state index contributed by atoms with van der Waals surface area (Å²) < 4.78 is 2.22. The number of rotatable bonds is 5. The largest absolute Gasteiger partial charge is 0.318 e. The number of nitrogens with zero attached hydrogens (tertiary/aromatic N) is 2. The van der Waals surface area contributed by atoms with Crippen LogP contribution in [0.25, 0.3) is 5.69 Å². The predicted molar refractivity (Wildman–Crippen MR) is 111 cm³/mol. The summed E-state index contributed by atoms with van der Waals surface area (Å²) in [5, 5.41) is 4.14. The summed E-state index contributed by atoms with van der Waals surface area (Å²) in [4.78, 5) is 12.0. The molecule has 0 saturated heterocycles. The van der Waals surface area contributed by atoms with Gasteiger partial charge in [0, 0.05) is 22.6 Å². The van der Waals surface area contributed by atoms with Crippen LogP contribution in [0.15, 0.2) is 59.7 Å². The Kier molecular flexibility index (Phi) is 5.55. The van der Waals surface area contributed by atoms with Gasteiger partial charge in [0.25, 0.3) is 0 Å². The molecule has 1 aromatic heterocycles. The Balaban J connectivity index is 1.74. The van der Waals surface area contributed by atoms with E-state index in [0.29, 0.717) is 6.42 Å². The first-order chi connectivity index (χ1) is 12.9. The maximum absolute atomic E-state index is 12.0. The number of benzene rings is 2. The van der Waals surface area contributed by atoms with Gasteiger partial charge in [-0.05, 0) is 62.6 Å². The highest BCUT2D eigenvalue weighted by Crippen LogP contribution is 2.21. The van der Waals surface area contributed by atoms with Gasteiger partial charge in [-0.25, -0.2) is 5.43 Å². The number of aromatic nitrogens is 1. The minimum absolute atomic E-state index is 0.124. The van der Waals surface area contributed by atoms with Crippen LogP contribution in [0.5, 0.6) is 0 Å². The van der Waals surface area contributed by atoms with E-state index in [4.69, 9.17) is 0 Å². The van der Waals surface area contributed by atoms with Crippen LogP contribution in [0.3, 0.4) is 0 Å². The van der Waals surface area contributed by atoms with Crippen molar-refractivity contribution in [2.45, 2.75) is 34.1 Å². The molecule has 4 nitrogen and oxygen atoms in total. The van der Waals surface area contributed by atoms with Crippen LogP contribution in [0, 0.1) is 27.7 Å². The van der Waals surface area contributed by atoms with E-state index in [1.165, 1.54) is 11.1 Å². The van der Waals surface area contributed by atoms with Crippen molar-refractivity contribution < 1.29 is 4.79 Å². The Hall–Kier alpha value is -3.14. The minimum atomic E-state index is -0.124. The lowest BCUT2D eigenvalue weighted by atomic mass is 10.1. The number of carbonyl (C=O) groups excluding carboxylic acids is 1. The number of hydrogen-bond donors (Lipinski definition) is 1. The molecule has 0 unspecified atom stereocenters. The summed E-state index contributed by atoms with van der Waals surface area (Å²) in [5.74, 6) is -0.124. The molecule has 27 heavy (non-hydrogen) atoms. The number of aryl methyl sites for hydroxylation is 3. The predicted octanol–water partition coefficient (Wildman–Crippen LogP) is 4.40. The zero-order chi connectivity index (χ0) is 19.4. The summed E-state index contributed by atoms with van der Waals surface area (Å²) >= 11 is 0. The molecule has 3 rings (SSSR count). The van der Waals surface area contributed by atoms with Crippen LogP contribution in [0.1, 0.15) is 33.6 Å². The van der Waals surface area contributed by atoms with E-state index in [-0.39, 0.29) is 5.91 Å². The van der Waals surface area contributed by atoms with E-state index in [1.54, 1.807) is 6.21 Å². The van der Waals surface area contributed by atoms with Crippen molar-refractivity contribution >= 4 is 12.1 Å². The van der Waals surface area contributed by atoms with E-state index < -0.39 is 0 Å². The van der Waals surface area contributed by atoms with Crippen molar-refractivity contribution in [2.24, 2.45) is 5.10 Å². The topological polar surface area (TPSA) is 46.4 Å². The number of hydrogen-bond acceptors (Lipinski definition) is 2. The normalized spacial score (nSPS) is 11.1. The Morgan fingerprint density at radius 2 is 1.67 bits per heavy atom. The molecule has 0 spiro atoms. The Morgan fingerprint density at radius 3 is 2.33 bits per heavy atom. The average Bonchev–Trinajstić information content (AvgIpc) is 2.88. The summed E-state index contributed by atoms with van der Waals surface area (Å²) in [7, 11) is 0. The van der Waals surface area contributed by atoms with E-state index >= 15 is 0 Å². The lowest BCUT2D eigenvalue weighted by Gasteiger charge is -2.11. The third-order valence-electron chi connectivity index (χ3n) is 4.54. The number of carbonyl (C=O) groups is 1. The van der Waals surface area contributed by atoms with Crippen LogP contribution < -0.4 is 5.43 Å². The second kappa shape index (κ2) is 8.04. The van der Waals surface area contributed by atoms with Crippen molar-refractivity contribution in [2.75, 3.05) is 0 Å². The van der Waals surface area contributed by atoms with Gasteiger partial charge < -0.3 is 4.57 Å². The first-order valence-electron chi connectivity index (χ1n) is 9.07. The standard InChI is InChI=1S/C23H25N3O/c1-16-10-17(2)12-22(11-16)26-18(3)13-21(19(26)4)15-24-25-23(27)14-20-8-6-5-7-9-20/h5-13,15H,14H2,1-4H3,(H,25,27)/b24-15+. The quantitative estimate of drug-likeness (QED) is 0.532. The second-order valence-corrected chi connectivity index (χ2v) is 6.96. The molecule has 0 atom stereocenters. The maximum Gasteiger partial charge on any atom is 0.244 e. The molecule has 1 N–H and O–H groups in total. The van der Waals surface area contributed by atoms with E-state index in [1.807, 2.05) is 30.3 Å². The summed E-state index contributed by atoms with van der Waals surface area (Å²) in [6, 6.07) is 18.3. The van der Waals surface area contributed by atoms with Crippen LogP contribution in [0.4, 0.5) is 0 Å². The van der Waals surface area contributed by atoms with Crippen LogP contribution in [-0.2, 0) is 11.2 Å². The monoisotopic (exact) mass is 359 g/mol. The van der Waals surface area contributed by atoms with Gasteiger partial charge in [-0.1, -0.05) is 36.4 Å². The summed E-state index contributed by atoms with van der Waals surface area (Å²) in [6.45, 7) is 8.36. The molecule has 2 aromatic carbocycles. The van der Waals surface area contributed by atoms with Gasteiger partial charge in [-0.3, -0.25) is 4.79 Å². The SMILES string of the molecule is Cc1cc(C)cc(-n2c(C)cc(/C=N/NC(=O)Cc3ccccc3)c2C)c1. The highest BCUT2D eigenvalue weighted by atomic mass is 16.2. The van der Waals surface area contributed by atoms with Gasteiger partial charge >= 0.3 is 0 Å². The van der Waals surface area contributed by atoms with Crippen LogP contribution >= 0.6 is 0 Å². The Morgan fingerprint density at radius 1 is 1.00 bits per heavy atom. The van der Waals surface area contributed by atoms with Gasteiger partial charge in [0.1, 0.15) is 0 Å². The fourth-order valence-electron chi connectivity index (χ4n) is 3.39. The molecule has 0 aliphatic rings. The lowest BCUT2D eigenvalue weighted by Crippen LogP contribution is -2.19. The first-order valence-corrected chi connectivity index (χ1v) is 9.07. The first kappa shape index (κ1) is 18.6. The molecule has 3 aromatic rings. The molecule has 0 bridgehead atoms. The van der Waals surface area contributed by atoms with Crippen LogP contribution in [0.2, 0.25) is 0 Å². The molecule has 138 valence electrons. The van der Waals surface area contributed by atoms with Gasteiger partial charge in [-0.15, -0.1) is 0 Å². The zero-order valence-corrected chi connectivity index (χ0v) is 16.3. The molecule has 1 heterocycles. The maximum atomic E-state index is 12.0. The van der Waals surface area contributed by atoms with Crippen molar-refractivity contribution in [3.63, 3.8) is 0 Å². The molecular formula is C23H25N3O. The van der Waals surface area contributed by atoms with Gasteiger partial charge in [0.2, 0.25) is 5.91 Å². The molecule has 0 fully saturated rings. The molecule has 0 saturated carbocycles. The van der Waals surface area contributed by atoms with Gasteiger partial charge in [0.15, 0.2) is 0 Å². The average molecular weight is 359 g/mol. The number of hydrazone groups is 1. The lowest BCUT2D eigenvalue weighted by molar-refractivity contribution is -0.120.